The van der Waals surface area contributed by atoms with Crippen molar-refractivity contribution in [3.05, 3.63) is 170 Å². The lowest BCUT2D eigenvalue weighted by Crippen LogP contribution is -1.92. The van der Waals surface area contributed by atoms with Crippen LogP contribution in [0.4, 0.5) is 0 Å². The van der Waals surface area contributed by atoms with Gasteiger partial charge in [-0.1, -0.05) is 164 Å². The maximum absolute atomic E-state index is 6.38. The van der Waals surface area contributed by atoms with Crippen molar-refractivity contribution in [1.82, 2.24) is 0 Å². The van der Waals surface area contributed by atoms with Crippen LogP contribution in [0.25, 0.3) is 98.4 Å². The Morgan fingerprint density at radius 2 is 0.809 bits per heavy atom. The number of rotatable bonds is 3. The van der Waals surface area contributed by atoms with Crippen LogP contribution in [-0.2, 0) is 0 Å². The highest BCUT2D eigenvalue weighted by molar-refractivity contribution is 6.26. The first-order chi connectivity index (χ1) is 23.3. The molecule has 10 aromatic rings. The molecule has 1 nitrogen and oxygen atoms in total. The molecule has 0 spiro atoms. The molecule has 0 bridgehead atoms. The first kappa shape index (κ1) is 26.1. The van der Waals surface area contributed by atoms with E-state index in [1.165, 1.54) is 65.3 Å². The van der Waals surface area contributed by atoms with E-state index in [0.717, 1.165) is 33.1 Å². The molecule has 1 aromatic heterocycles. The van der Waals surface area contributed by atoms with Crippen LogP contribution >= 0.6 is 0 Å². The highest BCUT2D eigenvalue weighted by atomic mass is 16.3. The molecule has 10 rings (SSSR count). The lowest BCUT2D eigenvalue weighted by atomic mass is 9.84. The van der Waals surface area contributed by atoms with Crippen molar-refractivity contribution in [3.63, 3.8) is 0 Å². The summed E-state index contributed by atoms with van der Waals surface area (Å²) >= 11 is 0. The average Bonchev–Trinajstić information content (AvgIpc) is 3.53. The number of furan rings is 1. The summed E-state index contributed by atoms with van der Waals surface area (Å²) in [6.45, 7) is 0. The van der Waals surface area contributed by atoms with Gasteiger partial charge in [0.15, 0.2) is 0 Å². The lowest BCUT2D eigenvalue weighted by molar-refractivity contribution is 0.670. The molecule has 0 atom stereocenters. The van der Waals surface area contributed by atoms with Crippen LogP contribution in [0.2, 0.25) is 0 Å². The van der Waals surface area contributed by atoms with Gasteiger partial charge in [0, 0.05) is 16.3 Å². The largest absolute Gasteiger partial charge is 0.455 e. The van der Waals surface area contributed by atoms with Crippen LogP contribution in [0.5, 0.6) is 0 Å². The normalized spacial score (nSPS) is 11.8. The molecule has 0 N–H and O–H groups in total. The monoisotopic (exact) mass is 596 g/mol. The molecule has 1 heteroatoms. The van der Waals surface area contributed by atoms with Crippen LogP contribution in [0.3, 0.4) is 0 Å². The van der Waals surface area contributed by atoms with Gasteiger partial charge in [0.2, 0.25) is 0 Å². The van der Waals surface area contributed by atoms with Gasteiger partial charge in [0.05, 0.1) is 0 Å². The number of fused-ring (bicyclic) bond motifs is 8. The standard InChI is InChI=1S/C46H28O/c1-2-13-33-29(11-1)23-26-31-12-9-21-41(43(31)33)45-38-17-5-3-15-36(38)44(37-16-4-6-18-39(37)45)32-27-24-30(25-28-32)34-19-10-20-40-35-14-7-8-22-42(35)47-46(34)40/h1-28H. The van der Waals surface area contributed by atoms with Crippen LogP contribution in [0.15, 0.2) is 174 Å². The van der Waals surface area contributed by atoms with E-state index in [2.05, 4.69) is 158 Å². The Kier molecular flexibility index (Phi) is 5.64. The quantitative estimate of drug-likeness (QED) is 0.146. The topological polar surface area (TPSA) is 13.1 Å². The summed E-state index contributed by atoms with van der Waals surface area (Å²) in [5.41, 5.74) is 9.13. The maximum atomic E-state index is 6.38. The smallest absolute Gasteiger partial charge is 0.143 e. The van der Waals surface area contributed by atoms with Crippen molar-refractivity contribution < 1.29 is 4.42 Å². The molecule has 0 aliphatic heterocycles. The van der Waals surface area contributed by atoms with Crippen molar-refractivity contribution in [3.8, 4) is 33.4 Å². The Labute approximate surface area is 271 Å². The molecule has 9 aromatic carbocycles. The van der Waals surface area contributed by atoms with Gasteiger partial charge in [-0.2, -0.15) is 0 Å². The Balaban J connectivity index is 1.22. The predicted octanol–water partition coefficient (Wildman–Crippen LogP) is 13.2. The van der Waals surface area contributed by atoms with Crippen LogP contribution < -0.4 is 0 Å². The summed E-state index contributed by atoms with van der Waals surface area (Å²) in [6.07, 6.45) is 0. The molecule has 1 heterocycles. The highest BCUT2D eigenvalue weighted by Gasteiger charge is 2.19. The molecule has 0 aliphatic carbocycles. The van der Waals surface area contributed by atoms with Crippen LogP contribution in [-0.4, -0.2) is 0 Å². The fraction of sp³-hybridized carbons (Fsp3) is 0. The minimum atomic E-state index is 0.920. The Morgan fingerprint density at radius 1 is 0.298 bits per heavy atom. The molecular weight excluding hydrogens is 569 g/mol. The number of para-hydroxylation sites is 2. The first-order valence-electron chi connectivity index (χ1n) is 16.2. The van der Waals surface area contributed by atoms with Gasteiger partial charge in [-0.05, 0) is 77.0 Å². The summed E-state index contributed by atoms with van der Waals surface area (Å²) in [7, 11) is 0. The molecule has 218 valence electrons. The Bertz CT molecular complexity index is 2780. The molecular formula is C46H28O. The lowest BCUT2D eigenvalue weighted by Gasteiger charge is -2.19. The molecule has 0 amide bonds. The second-order valence-corrected chi connectivity index (χ2v) is 12.4. The summed E-state index contributed by atoms with van der Waals surface area (Å²) in [6, 6.07) is 61.5. The third-order valence-electron chi connectivity index (χ3n) is 9.86. The third kappa shape index (κ3) is 3.90. The van der Waals surface area contributed by atoms with Crippen LogP contribution in [0.1, 0.15) is 0 Å². The van der Waals surface area contributed by atoms with Crippen LogP contribution in [0, 0.1) is 0 Å². The zero-order valence-electron chi connectivity index (χ0n) is 25.6. The van der Waals surface area contributed by atoms with Gasteiger partial charge in [0.1, 0.15) is 11.2 Å². The number of hydrogen-bond acceptors (Lipinski definition) is 1. The van der Waals surface area contributed by atoms with Gasteiger partial charge in [0.25, 0.3) is 0 Å². The van der Waals surface area contributed by atoms with E-state index >= 15 is 0 Å². The SMILES string of the molecule is c1ccc2c(c1)ccc1cccc(-c3c4ccccc4c(-c4ccc(-c5cccc6c5oc5ccccc56)cc4)c4ccccc34)c12. The van der Waals surface area contributed by atoms with Gasteiger partial charge in [-0.3, -0.25) is 0 Å². The summed E-state index contributed by atoms with van der Waals surface area (Å²) < 4.78 is 6.38. The van der Waals surface area contributed by atoms with Crippen molar-refractivity contribution >= 4 is 65.0 Å². The van der Waals surface area contributed by atoms with E-state index in [1.54, 1.807) is 0 Å². The van der Waals surface area contributed by atoms with E-state index in [1.807, 2.05) is 12.1 Å². The molecule has 0 unspecified atom stereocenters. The minimum absolute atomic E-state index is 0.920. The first-order valence-corrected chi connectivity index (χ1v) is 16.2. The predicted molar refractivity (Wildman–Crippen MR) is 200 cm³/mol. The molecule has 0 aliphatic rings. The van der Waals surface area contributed by atoms with Crippen molar-refractivity contribution in [1.29, 1.82) is 0 Å². The zero-order valence-corrected chi connectivity index (χ0v) is 25.6. The Hall–Kier alpha value is -6.18. The molecule has 47 heavy (non-hydrogen) atoms. The van der Waals surface area contributed by atoms with E-state index in [0.29, 0.717) is 0 Å². The fourth-order valence-electron chi connectivity index (χ4n) is 7.79. The highest BCUT2D eigenvalue weighted by Crippen LogP contribution is 2.46. The number of benzene rings is 9. The number of hydrogen-bond donors (Lipinski definition) is 0. The van der Waals surface area contributed by atoms with Gasteiger partial charge < -0.3 is 4.42 Å². The van der Waals surface area contributed by atoms with Gasteiger partial charge >= 0.3 is 0 Å². The van der Waals surface area contributed by atoms with Crippen molar-refractivity contribution in [2.45, 2.75) is 0 Å². The van der Waals surface area contributed by atoms with E-state index < -0.39 is 0 Å². The molecule has 0 radical (unpaired) electrons. The average molecular weight is 597 g/mol. The van der Waals surface area contributed by atoms with E-state index in [-0.39, 0.29) is 0 Å². The second kappa shape index (κ2) is 10.2. The van der Waals surface area contributed by atoms with Gasteiger partial charge in [-0.15, -0.1) is 0 Å². The van der Waals surface area contributed by atoms with E-state index in [4.69, 9.17) is 4.42 Å². The fourth-order valence-corrected chi connectivity index (χ4v) is 7.79. The van der Waals surface area contributed by atoms with Crippen molar-refractivity contribution in [2.24, 2.45) is 0 Å². The summed E-state index contributed by atoms with van der Waals surface area (Å²) in [4.78, 5) is 0. The Morgan fingerprint density at radius 3 is 1.55 bits per heavy atom. The molecule has 0 saturated carbocycles. The molecule has 0 saturated heterocycles. The second-order valence-electron chi connectivity index (χ2n) is 12.4. The van der Waals surface area contributed by atoms with E-state index in [9.17, 15) is 0 Å². The van der Waals surface area contributed by atoms with Gasteiger partial charge in [-0.25, -0.2) is 0 Å². The van der Waals surface area contributed by atoms with Crippen molar-refractivity contribution in [2.75, 3.05) is 0 Å². The maximum Gasteiger partial charge on any atom is 0.143 e. The zero-order chi connectivity index (χ0) is 30.9. The minimum Gasteiger partial charge on any atom is -0.455 e. The summed E-state index contributed by atoms with van der Waals surface area (Å²) in [5, 5.41) is 12.4. The molecule has 0 fully saturated rings. The summed E-state index contributed by atoms with van der Waals surface area (Å²) in [5.74, 6) is 0. The third-order valence-corrected chi connectivity index (χ3v) is 9.86.